The maximum Gasteiger partial charge on any atom is 0.295 e. The Morgan fingerprint density at radius 2 is 1.21 bits per heavy atom. The van der Waals surface area contributed by atoms with Crippen LogP contribution in [0.25, 0.3) is 0 Å². The second kappa shape index (κ2) is 21.5. The van der Waals surface area contributed by atoms with Crippen molar-refractivity contribution in [3.05, 3.63) is 20.6 Å². The summed E-state index contributed by atoms with van der Waals surface area (Å²) >= 11 is 0.208. The van der Waals surface area contributed by atoms with Crippen molar-refractivity contribution in [2.24, 2.45) is 0 Å². The molecule has 6 heteroatoms. The highest BCUT2D eigenvalue weighted by Gasteiger charge is 2.19. The molecule has 0 aliphatic rings. The summed E-state index contributed by atoms with van der Waals surface area (Å²) in [6.45, 7) is 4.45. The van der Waals surface area contributed by atoms with Crippen LogP contribution in [0.5, 0.6) is 0 Å². The van der Waals surface area contributed by atoms with E-state index in [1.54, 1.807) is 0 Å². The van der Waals surface area contributed by atoms with Crippen molar-refractivity contribution in [3.8, 4) is 0 Å². The van der Waals surface area contributed by atoms with E-state index in [9.17, 15) is 14.7 Å². The van der Waals surface area contributed by atoms with Crippen molar-refractivity contribution < 1.29 is 9.48 Å². The van der Waals surface area contributed by atoms with Gasteiger partial charge in [-0.1, -0.05) is 109 Å². The molecule has 1 unspecified atom stereocenters. The molecule has 28 heavy (non-hydrogen) atoms. The number of unbranched alkanes of at least 4 members (excludes halogenated alkanes) is 14. The van der Waals surface area contributed by atoms with Gasteiger partial charge < -0.3 is 4.55 Å². The summed E-state index contributed by atoms with van der Waals surface area (Å²) in [4.78, 5) is 10.4. The molecular formula is C22H43NO3S2. The number of nitro groups is 1. The van der Waals surface area contributed by atoms with Crippen molar-refractivity contribution in [3.63, 3.8) is 0 Å². The Balaban J connectivity index is 3.86. The number of nitrogens with zero attached hydrogens (tertiary/aromatic N) is 1. The number of hydrogen-bond donors (Lipinski definition) is 0. The van der Waals surface area contributed by atoms with E-state index in [0.717, 1.165) is 37.6 Å². The molecule has 0 amide bonds. The van der Waals surface area contributed by atoms with E-state index in [1.165, 1.54) is 88.8 Å². The molecule has 0 rings (SSSR count). The third-order valence-corrected chi connectivity index (χ3v) is 7.87. The third-order valence-electron chi connectivity index (χ3n) is 4.86. The molecule has 0 bridgehead atoms. The lowest BCUT2D eigenvalue weighted by Crippen LogP contribution is -2.09. The van der Waals surface area contributed by atoms with Gasteiger partial charge in [-0.15, -0.1) is 0 Å². The molecular weight excluding hydrogens is 390 g/mol. The summed E-state index contributed by atoms with van der Waals surface area (Å²) in [7, 11) is 0. The van der Waals surface area contributed by atoms with E-state index in [1.807, 2.05) is 0 Å². The molecule has 0 spiro atoms. The lowest BCUT2D eigenvalue weighted by Gasteiger charge is -2.11. The predicted octanol–water partition coefficient (Wildman–Crippen LogP) is 7.83. The Labute approximate surface area is 181 Å². The summed E-state index contributed by atoms with van der Waals surface area (Å²) in [6.07, 6.45) is 20.5. The zero-order valence-corrected chi connectivity index (χ0v) is 19.9. The highest BCUT2D eigenvalue weighted by molar-refractivity contribution is 8.18. The van der Waals surface area contributed by atoms with E-state index in [2.05, 4.69) is 13.8 Å². The Bertz CT molecular complexity index is 392. The van der Waals surface area contributed by atoms with Crippen LogP contribution >= 0.6 is 11.8 Å². The molecule has 0 radical (unpaired) electrons. The smallest absolute Gasteiger partial charge is 0.295 e. The van der Waals surface area contributed by atoms with Gasteiger partial charge >= 0.3 is 0 Å². The van der Waals surface area contributed by atoms with Gasteiger partial charge in [0.15, 0.2) is 0 Å². The van der Waals surface area contributed by atoms with Crippen LogP contribution in [0.15, 0.2) is 10.4 Å². The van der Waals surface area contributed by atoms with Crippen molar-refractivity contribution in [1.29, 1.82) is 0 Å². The first-order valence-electron chi connectivity index (χ1n) is 11.5. The summed E-state index contributed by atoms with van der Waals surface area (Å²) < 4.78 is 12.9. The van der Waals surface area contributed by atoms with Gasteiger partial charge in [0.2, 0.25) is 0 Å². The standard InChI is InChI=1S/C22H43NO3S2/c1-3-5-7-9-11-13-15-17-19-27-22(21-23(24)25)28(26)20-18-16-14-12-10-8-6-4-2/h21H,3-20H2,1-2H3. The first-order chi connectivity index (χ1) is 13.6. The minimum Gasteiger partial charge on any atom is -0.611 e. The van der Waals surface area contributed by atoms with Crippen LogP contribution in [0.1, 0.15) is 117 Å². The van der Waals surface area contributed by atoms with Crippen LogP contribution in [0, 0.1) is 10.1 Å². The van der Waals surface area contributed by atoms with Gasteiger partial charge in [-0.2, -0.15) is 0 Å². The van der Waals surface area contributed by atoms with E-state index < -0.39 is 16.1 Å². The minimum atomic E-state index is -1.22. The van der Waals surface area contributed by atoms with E-state index >= 15 is 0 Å². The van der Waals surface area contributed by atoms with E-state index in [-0.39, 0.29) is 0 Å². The SMILES string of the molecule is CCCCCCCCCCSC(=C[N+](=O)[O-])[S+]([O-])CCCCCCCCCC. The fraction of sp³-hybridized carbons (Fsp3) is 0.909. The first-order valence-corrected chi connectivity index (χ1v) is 13.8. The monoisotopic (exact) mass is 433 g/mol. The fourth-order valence-electron chi connectivity index (χ4n) is 3.12. The van der Waals surface area contributed by atoms with Crippen LogP contribution in [-0.4, -0.2) is 21.0 Å². The summed E-state index contributed by atoms with van der Waals surface area (Å²) in [5, 5.41) is 10.9. The average Bonchev–Trinajstić information content (AvgIpc) is 2.67. The Morgan fingerprint density at radius 3 is 1.68 bits per heavy atom. The first kappa shape index (κ1) is 27.8. The quantitative estimate of drug-likeness (QED) is 0.0800. The minimum absolute atomic E-state index is 0.455. The lowest BCUT2D eigenvalue weighted by atomic mass is 10.1. The summed E-state index contributed by atoms with van der Waals surface area (Å²) in [5.41, 5.74) is 0. The van der Waals surface area contributed by atoms with Crippen LogP contribution in [-0.2, 0) is 11.2 Å². The van der Waals surface area contributed by atoms with Crippen molar-refractivity contribution in [2.75, 3.05) is 11.5 Å². The van der Waals surface area contributed by atoms with Crippen molar-refractivity contribution >= 4 is 22.9 Å². The third kappa shape index (κ3) is 19.1. The lowest BCUT2D eigenvalue weighted by molar-refractivity contribution is -0.402. The highest BCUT2D eigenvalue weighted by atomic mass is 32.3. The zero-order valence-electron chi connectivity index (χ0n) is 18.3. The highest BCUT2D eigenvalue weighted by Crippen LogP contribution is 2.26. The average molecular weight is 434 g/mol. The van der Waals surface area contributed by atoms with Crippen LogP contribution in [0.2, 0.25) is 0 Å². The van der Waals surface area contributed by atoms with Crippen LogP contribution < -0.4 is 0 Å². The summed E-state index contributed by atoms with van der Waals surface area (Å²) in [5.74, 6) is 1.39. The number of hydrogen-bond acceptors (Lipinski definition) is 4. The fourth-order valence-corrected chi connectivity index (χ4v) is 5.73. The van der Waals surface area contributed by atoms with E-state index in [4.69, 9.17) is 0 Å². The van der Waals surface area contributed by atoms with Crippen LogP contribution in [0.3, 0.4) is 0 Å². The van der Waals surface area contributed by atoms with Gasteiger partial charge in [0.1, 0.15) is 5.75 Å². The molecule has 0 aliphatic carbocycles. The molecule has 166 valence electrons. The molecule has 0 N–H and O–H groups in total. The van der Waals surface area contributed by atoms with E-state index in [0.29, 0.717) is 9.99 Å². The van der Waals surface area contributed by atoms with Gasteiger partial charge in [-0.3, -0.25) is 10.1 Å². The van der Waals surface area contributed by atoms with Gasteiger partial charge in [-0.05, 0) is 30.4 Å². The molecule has 0 saturated heterocycles. The molecule has 0 fully saturated rings. The Morgan fingerprint density at radius 1 is 0.786 bits per heavy atom. The molecule has 0 aliphatic heterocycles. The molecule has 0 heterocycles. The normalized spacial score (nSPS) is 13.0. The second-order valence-corrected chi connectivity index (χ2v) is 10.5. The maximum atomic E-state index is 12.4. The van der Waals surface area contributed by atoms with Crippen molar-refractivity contribution in [2.45, 2.75) is 117 Å². The molecule has 0 aromatic carbocycles. The Kier molecular flexibility index (Phi) is 21.4. The maximum absolute atomic E-state index is 12.4. The van der Waals surface area contributed by atoms with Crippen LogP contribution in [0.4, 0.5) is 0 Å². The Hall–Kier alpha value is -0.200. The van der Waals surface area contributed by atoms with Gasteiger partial charge in [-0.25, -0.2) is 0 Å². The molecule has 0 aromatic rings. The zero-order chi connectivity index (χ0) is 20.9. The van der Waals surface area contributed by atoms with Gasteiger partial charge in [0.25, 0.3) is 10.4 Å². The largest absolute Gasteiger partial charge is 0.611 e. The topological polar surface area (TPSA) is 66.2 Å². The second-order valence-electron chi connectivity index (χ2n) is 7.58. The molecule has 0 aromatic heterocycles. The summed E-state index contributed by atoms with van der Waals surface area (Å²) in [6, 6.07) is 0. The molecule has 0 saturated carbocycles. The predicted molar refractivity (Wildman–Crippen MR) is 126 cm³/mol. The number of thioether (sulfide) groups is 1. The van der Waals surface area contributed by atoms with Gasteiger partial charge in [0, 0.05) is 5.75 Å². The number of rotatable bonds is 21. The van der Waals surface area contributed by atoms with Gasteiger partial charge in [0.05, 0.1) is 4.92 Å². The van der Waals surface area contributed by atoms with Crippen molar-refractivity contribution in [1.82, 2.24) is 0 Å². The molecule has 1 atom stereocenters. The molecule has 4 nitrogen and oxygen atoms in total.